The fraction of sp³-hybridized carbons (Fsp3) is 0.300. The number of anilines is 1. The van der Waals surface area contributed by atoms with Gasteiger partial charge in [0.25, 0.3) is 5.69 Å². The molecule has 1 atom stereocenters. The van der Waals surface area contributed by atoms with Crippen molar-refractivity contribution in [3.05, 3.63) is 64.2 Å². The van der Waals surface area contributed by atoms with Crippen molar-refractivity contribution in [2.24, 2.45) is 5.92 Å². The van der Waals surface area contributed by atoms with Gasteiger partial charge in [0.05, 0.1) is 23.6 Å². The molecule has 28 heavy (non-hydrogen) atoms. The van der Waals surface area contributed by atoms with Crippen molar-refractivity contribution in [1.82, 2.24) is 4.90 Å². The van der Waals surface area contributed by atoms with E-state index in [0.717, 1.165) is 12.0 Å². The van der Waals surface area contributed by atoms with E-state index in [1.807, 2.05) is 30.3 Å². The maximum atomic E-state index is 12.6. The summed E-state index contributed by atoms with van der Waals surface area (Å²) in [6, 6.07) is 13.8. The summed E-state index contributed by atoms with van der Waals surface area (Å²) in [5.74, 6) is -0.604. The Labute approximate surface area is 162 Å². The minimum absolute atomic E-state index is 0.0675. The van der Waals surface area contributed by atoms with Crippen LogP contribution in [0.3, 0.4) is 0 Å². The van der Waals surface area contributed by atoms with Gasteiger partial charge < -0.3 is 15.0 Å². The average molecular weight is 383 g/mol. The Morgan fingerprint density at radius 2 is 2.04 bits per heavy atom. The summed E-state index contributed by atoms with van der Waals surface area (Å²) in [5.41, 5.74) is 1.20. The van der Waals surface area contributed by atoms with Crippen LogP contribution in [0.2, 0.25) is 0 Å². The molecule has 1 fully saturated rings. The number of ether oxygens (including phenoxy) is 1. The van der Waals surface area contributed by atoms with Gasteiger partial charge in [0, 0.05) is 31.6 Å². The number of methoxy groups -OCH3 is 1. The number of amides is 2. The molecule has 0 saturated carbocycles. The van der Waals surface area contributed by atoms with Crippen LogP contribution in [0.1, 0.15) is 12.0 Å². The Morgan fingerprint density at radius 3 is 2.71 bits per heavy atom. The lowest BCUT2D eigenvalue weighted by Gasteiger charge is -2.17. The molecule has 0 aliphatic carbocycles. The number of carbonyl (C=O) groups excluding carboxylic acids is 2. The smallest absolute Gasteiger partial charge is 0.271 e. The van der Waals surface area contributed by atoms with Gasteiger partial charge in [-0.3, -0.25) is 19.7 Å². The molecule has 0 radical (unpaired) electrons. The average Bonchev–Trinajstić information content (AvgIpc) is 3.08. The highest BCUT2D eigenvalue weighted by atomic mass is 16.6. The van der Waals surface area contributed by atoms with Gasteiger partial charge in [-0.25, -0.2) is 0 Å². The van der Waals surface area contributed by atoms with Gasteiger partial charge in [-0.05, 0) is 18.1 Å². The number of non-ortho nitro benzene ring substituents is 1. The van der Waals surface area contributed by atoms with Gasteiger partial charge in [-0.15, -0.1) is 0 Å². The zero-order valence-electron chi connectivity index (χ0n) is 15.5. The molecule has 2 aromatic rings. The second-order valence-corrected chi connectivity index (χ2v) is 6.61. The topological polar surface area (TPSA) is 102 Å². The Hall–Kier alpha value is -3.42. The third-order valence-corrected chi connectivity index (χ3v) is 4.75. The van der Waals surface area contributed by atoms with Crippen molar-refractivity contribution in [3.63, 3.8) is 0 Å². The van der Waals surface area contributed by atoms with Crippen LogP contribution in [-0.2, 0) is 16.0 Å². The summed E-state index contributed by atoms with van der Waals surface area (Å²) in [6.07, 6.45) is 0.845. The van der Waals surface area contributed by atoms with E-state index in [1.165, 1.54) is 25.3 Å². The minimum Gasteiger partial charge on any atom is -0.495 e. The van der Waals surface area contributed by atoms with Gasteiger partial charge in [-0.2, -0.15) is 0 Å². The van der Waals surface area contributed by atoms with Crippen LogP contribution in [-0.4, -0.2) is 41.8 Å². The molecular formula is C20H21N3O5. The number of nitrogens with one attached hydrogen (secondary N) is 1. The van der Waals surface area contributed by atoms with Gasteiger partial charge in [-0.1, -0.05) is 30.3 Å². The van der Waals surface area contributed by atoms with Crippen molar-refractivity contribution in [2.45, 2.75) is 12.8 Å². The van der Waals surface area contributed by atoms with Crippen LogP contribution >= 0.6 is 0 Å². The molecule has 1 unspecified atom stereocenters. The van der Waals surface area contributed by atoms with E-state index in [2.05, 4.69) is 5.32 Å². The third kappa shape index (κ3) is 4.46. The summed E-state index contributed by atoms with van der Waals surface area (Å²) in [4.78, 5) is 37.0. The number of nitro groups is 1. The number of nitro benzene ring substituents is 1. The van der Waals surface area contributed by atoms with Gasteiger partial charge in [0.1, 0.15) is 5.75 Å². The Morgan fingerprint density at radius 1 is 1.29 bits per heavy atom. The third-order valence-electron chi connectivity index (χ3n) is 4.75. The predicted octanol–water partition coefficient (Wildman–Crippen LogP) is 2.63. The highest BCUT2D eigenvalue weighted by Crippen LogP contribution is 2.30. The van der Waals surface area contributed by atoms with Crippen LogP contribution in [0.5, 0.6) is 5.75 Å². The Bertz CT molecular complexity index is 885. The highest BCUT2D eigenvalue weighted by Gasteiger charge is 2.34. The van der Waals surface area contributed by atoms with Crippen LogP contribution in [0, 0.1) is 16.0 Å². The van der Waals surface area contributed by atoms with E-state index >= 15 is 0 Å². The number of carbonyl (C=O) groups is 2. The summed E-state index contributed by atoms with van der Waals surface area (Å²) in [7, 11) is 1.42. The number of nitrogens with zero attached hydrogens (tertiary/aromatic N) is 2. The maximum Gasteiger partial charge on any atom is 0.271 e. The first kappa shape index (κ1) is 19.3. The van der Waals surface area contributed by atoms with Crippen LogP contribution in [0.15, 0.2) is 48.5 Å². The predicted molar refractivity (Wildman–Crippen MR) is 103 cm³/mol. The molecule has 1 N–H and O–H groups in total. The molecule has 1 aliphatic heterocycles. The second kappa shape index (κ2) is 8.51. The molecule has 2 aromatic carbocycles. The standard InChI is InChI=1S/C20H21N3O5/c1-28-18-8-7-16(23(26)27)12-17(18)21-20(25)15-11-19(24)22(13-15)10-9-14-5-3-2-4-6-14/h2-8,12,15H,9-11,13H2,1H3,(H,21,25). The van der Waals surface area contributed by atoms with Gasteiger partial charge in [0.2, 0.25) is 11.8 Å². The lowest BCUT2D eigenvalue weighted by atomic mass is 10.1. The number of hydrogen-bond donors (Lipinski definition) is 1. The number of hydrogen-bond acceptors (Lipinski definition) is 5. The molecule has 1 heterocycles. The van der Waals surface area contributed by atoms with Crippen LogP contribution in [0.25, 0.3) is 0 Å². The summed E-state index contributed by atoms with van der Waals surface area (Å²) in [6.45, 7) is 0.876. The van der Waals surface area contributed by atoms with Crippen molar-refractivity contribution in [3.8, 4) is 5.75 Å². The first-order chi connectivity index (χ1) is 13.5. The SMILES string of the molecule is COc1ccc([N+](=O)[O-])cc1NC(=O)C1CC(=O)N(CCc2ccccc2)C1. The van der Waals surface area contributed by atoms with Gasteiger partial charge >= 0.3 is 0 Å². The number of rotatable bonds is 7. The zero-order chi connectivity index (χ0) is 20.1. The second-order valence-electron chi connectivity index (χ2n) is 6.61. The van der Waals surface area contributed by atoms with E-state index in [4.69, 9.17) is 4.74 Å². The van der Waals surface area contributed by atoms with Crippen molar-refractivity contribution in [1.29, 1.82) is 0 Å². The molecule has 2 amide bonds. The van der Waals surface area contributed by atoms with Crippen molar-refractivity contribution >= 4 is 23.2 Å². The summed E-state index contributed by atoms with van der Waals surface area (Å²) >= 11 is 0. The Balaban J connectivity index is 1.63. The van der Waals surface area contributed by atoms with E-state index in [-0.39, 0.29) is 29.6 Å². The molecular weight excluding hydrogens is 362 g/mol. The molecule has 146 valence electrons. The molecule has 1 saturated heterocycles. The van der Waals surface area contributed by atoms with E-state index in [1.54, 1.807) is 4.90 Å². The highest BCUT2D eigenvalue weighted by molar-refractivity contribution is 5.98. The lowest BCUT2D eigenvalue weighted by Crippen LogP contribution is -2.30. The number of likely N-dealkylation sites (tertiary alicyclic amines) is 1. The van der Waals surface area contributed by atoms with Crippen molar-refractivity contribution in [2.75, 3.05) is 25.5 Å². The van der Waals surface area contributed by atoms with Gasteiger partial charge in [0.15, 0.2) is 0 Å². The van der Waals surface area contributed by atoms with Crippen molar-refractivity contribution < 1.29 is 19.2 Å². The lowest BCUT2D eigenvalue weighted by molar-refractivity contribution is -0.384. The minimum atomic E-state index is -0.542. The molecule has 0 spiro atoms. The fourth-order valence-corrected chi connectivity index (χ4v) is 3.21. The van der Waals surface area contributed by atoms with E-state index < -0.39 is 10.8 Å². The van der Waals surface area contributed by atoms with Crippen LogP contribution in [0.4, 0.5) is 11.4 Å². The first-order valence-corrected chi connectivity index (χ1v) is 8.93. The summed E-state index contributed by atoms with van der Waals surface area (Å²) in [5, 5.41) is 13.6. The molecule has 0 aromatic heterocycles. The molecule has 1 aliphatic rings. The molecule has 0 bridgehead atoms. The molecule has 8 nitrogen and oxygen atoms in total. The zero-order valence-corrected chi connectivity index (χ0v) is 15.5. The fourth-order valence-electron chi connectivity index (χ4n) is 3.21. The molecule has 3 rings (SSSR count). The monoisotopic (exact) mass is 383 g/mol. The molecule has 8 heteroatoms. The Kier molecular flexibility index (Phi) is 5.88. The quantitative estimate of drug-likeness (QED) is 0.585. The first-order valence-electron chi connectivity index (χ1n) is 8.93. The largest absolute Gasteiger partial charge is 0.495 e. The summed E-state index contributed by atoms with van der Waals surface area (Å²) < 4.78 is 5.16. The maximum absolute atomic E-state index is 12.6. The number of benzene rings is 2. The van der Waals surface area contributed by atoms with E-state index in [9.17, 15) is 19.7 Å². The normalized spacial score (nSPS) is 16.1. The van der Waals surface area contributed by atoms with E-state index in [0.29, 0.717) is 18.8 Å². The van der Waals surface area contributed by atoms with Crippen LogP contribution < -0.4 is 10.1 Å².